The molecule has 0 unspecified atom stereocenters. The van der Waals surface area contributed by atoms with E-state index >= 15 is 0 Å². The molecule has 0 saturated heterocycles. The van der Waals surface area contributed by atoms with Gasteiger partial charge in [-0.1, -0.05) is 26.7 Å². The van der Waals surface area contributed by atoms with Gasteiger partial charge in [0.15, 0.2) is 0 Å². The van der Waals surface area contributed by atoms with Crippen molar-refractivity contribution in [3.05, 3.63) is 12.3 Å². The Morgan fingerprint density at radius 2 is 2.29 bits per heavy atom. The summed E-state index contributed by atoms with van der Waals surface area (Å²) in [6, 6.07) is 2.60. The first-order valence-electron chi connectivity index (χ1n) is 5.52. The van der Waals surface area contributed by atoms with E-state index in [2.05, 4.69) is 24.3 Å². The zero-order valence-corrected chi connectivity index (χ0v) is 9.45. The number of hydrogen-bond acceptors (Lipinski definition) is 2. The Bertz CT molecular complexity index is 255. The number of nitrogens with zero attached hydrogens (tertiary/aromatic N) is 2. The van der Waals surface area contributed by atoms with Crippen LogP contribution in [0.25, 0.3) is 0 Å². The van der Waals surface area contributed by atoms with E-state index in [4.69, 9.17) is 0 Å². The first-order chi connectivity index (χ1) is 6.76. The molecule has 1 N–H and O–H groups in total. The fourth-order valence-corrected chi connectivity index (χ4v) is 1.53. The first kappa shape index (κ1) is 11.1. The van der Waals surface area contributed by atoms with Gasteiger partial charge < -0.3 is 5.32 Å². The van der Waals surface area contributed by atoms with Gasteiger partial charge in [-0.05, 0) is 12.8 Å². The van der Waals surface area contributed by atoms with Crippen LogP contribution in [0.3, 0.4) is 0 Å². The molecule has 0 aliphatic rings. The van der Waals surface area contributed by atoms with Gasteiger partial charge in [-0.15, -0.1) is 0 Å². The van der Waals surface area contributed by atoms with Crippen molar-refractivity contribution >= 4 is 5.82 Å². The molecule has 1 heterocycles. The van der Waals surface area contributed by atoms with Gasteiger partial charge in [0.2, 0.25) is 0 Å². The molecular formula is C11H21N3. The second-order valence-corrected chi connectivity index (χ2v) is 3.77. The molecule has 0 amide bonds. The van der Waals surface area contributed by atoms with E-state index in [9.17, 15) is 0 Å². The van der Waals surface area contributed by atoms with Crippen LogP contribution < -0.4 is 5.32 Å². The fourth-order valence-electron chi connectivity index (χ4n) is 1.53. The minimum Gasteiger partial charge on any atom is -0.366 e. The van der Waals surface area contributed by atoms with Gasteiger partial charge in [0.25, 0.3) is 0 Å². The third kappa shape index (κ3) is 3.40. The zero-order chi connectivity index (χ0) is 10.4. The Balaban J connectivity index is 2.40. The molecule has 3 nitrogen and oxygen atoms in total. The minimum absolute atomic E-state index is 0.574. The first-order valence-corrected chi connectivity index (χ1v) is 5.52. The Hall–Kier alpha value is -0.990. The lowest BCUT2D eigenvalue weighted by Crippen LogP contribution is -2.18. The molecule has 3 heteroatoms. The van der Waals surface area contributed by atoms with Crippen molar-refractivity contribution in [3.63, 3.8) is 0 Å². The van der Waals surface area contributed by atoms with Crippen LogP contribution in [-0.2, 0) is 7.05 Å². The predicted octanol–water partition coefficient (Wildman–Crippen LogP) is 2.80. The van der Waals surface area contributed by atoms with Crippen molar-refractivity contribution in [2.24, 2.45) is 7.05 Å². The van der Waals surface area contributed by atoms with Crippen LogP contribution in [0, 0.1) is 0 Å². The molecule has 0 aromatic carbocycles. The topological polar surface area (TPSA) is 29.9 Å². The standard InChI is InChI=1S/C11H21N3/c1-4-6-7-10(5-2)12-11-8-9-14(3)13-11/h8-10H,4-7H2,1-3H3,(H,12,13)/t10-/m0/s1. The van der Waals surface area contributed by atoms with E-state index < -0.39 is 0 Å². The molecule has 0 spiro atoms. The van der Waals surface area contributed by atoms with E-state index in [-0.39, 0.29) is 0 Å². The highest BCUT2D eigenvalue weighted by atomic mass is 15.3. The second kappa shape index (κ2) is 5.68. The van der Waals surface area contributed by atoms with E-state index in [1.165, 1.54) is 19.3 Å². The SMILES string of the molecule is CCCC[C@H](CC)Nc1ccn(C)n1. The van der Waals surface area contributed by atoms with Gasteiger partial charge >= 0.3 is 0 Å². The summed E-state index contributed by atoms with van der Waals surface area (Å²) >= 11 is 0. The van der Waals surface area contributed by atoms with Crippen LogP contribution in [0.1, 0.15) is 39.5 Å². The third-order valence-corrected chi connectivity index (χ3v) is 2.46. The van der Waals surface area contributed by atoms with Crippen LogP contribution in [0.15, 0.2) is 12.3 Å². The molecule has 1 rings (SSSR count). The molecule has 14 heavy (non-hydrogen) atoms. The molecule has 0 radical (unpaired) electrons. The van der Waals surface area contributed by atoms with Crippen LogP contribution >= 0.6 is 0 Å². The maximum atomic E-state index is 4.31. The Morgan fingerprint density at radius 1 is 1.50 bits per heavy atom. The largest absolute Gasteiger partial charge is 0.366 e. The smallest absolute Gasteiger partial charge is 0.148 e. The van der Waals surface area contributed by atoms with E-state index in [0.29, 0.717) is 6.04 Å². The second-order valence-electron chi connectivity index (χ2n) is 3.77. The average Bonchev–Trinajstić information content (AvgIpc) is 2.58. The molecule has 0 aliphatic carbocycles. The van der Waals surface area contributed by atoms with Crippen molar-refractivity contribution in [1.29, 1.82) is 0 Å². The molecule has 0 saturated carbocycles. The summed E-state index contributed by atoms with van der Waals surface area (Å²) in [5, 5.41) is 7.76. The highest BCUT2D eigenvalue weighted by molar-refractivity contribution is 5.33. The number of aromatic nitrogens is 2. The number of hydrogen-bond donors (Lipinski definition) is 1. The van der Waals surface area contributed by atoms with Crippen LogP contribution in [0.4, 0.5) is 5.82 Å². The number of nitrogens with one attached hydrogen (secondary N) is 1. The average molecular weight is 195 g/mol. The lowest BCUT2D eigenvalue weighted by Gasteiger charge is -2.15. The summed E-state index contributed by atoms with van der Waals surface area (Å²) in [6.07, 6.45) is 6.92. The molecule has 1 atom stereocenters. The predicted molar refractivity (Wildman–Crippen MR) is 60.4 cm³/mol. The molecule has 1 aromatic heterocycles. The number of rotatable bonds is 6. The molecule has 80 valence electrons. The van der Waals surface area contributed by atoms with Crippen molar-refractivity contribution in [1.82, 2.24) is 9.78 Å². The van der Waals surface area contributed by atoms with E-state index in [1.807, 2.05) is 24.0 Å². The van der Waals surface area contributed by atoms with Crippen molar-refractivity contribution in [3.8, 4) is 0 Å². The normalized spacial score (nSPS) is 12.8. The summed E-state index contributed by atoms with van der Waals surface area (Å²) in [7, 11) is 1.94. The monoisotopic (exact) mass is 195 g/mol. The maximum absolute atomic E-state index is 4.31. The molecule has 1 aromatic rings. The number of anilines is 1. The minimum atomic E-state index is 0.574. The third-order valence-electron chi connectivity index (χ3n) is 2.46. The summed E-state index contributed by atoms with van der Waals surface area (Å²) < 4.78 is 1.83. The fraction of sp³-hybridized carbons (Fsp3) is 0.727. The maximum Gasteiger partial charge on any atom is 0.148 e. The zero-order valence-electron chi connectivity index (χ0n) is 9.45. The summed E-state index contributed by atoms with van der Waals surface area (Å²) in [4.78, 5) is 0. The highest BCUT2D eigenvalue weighted by Crippen LogP contribution is 2.11. The Kier molecular flexibility index (Phi) is 4.50. The number of unbranched alkanes of at least 4 members (excludes halogenated alkanes) is 1. The van der Waals surface area contributed by atoms with Crippen LogP contribution in [0.2, 0.25) is 0 Å². The van der Waals surface area contributed by atoms with Gasteiger partial charge in [0.1, 0.15) is 5.82 Å². The summed E-state index contributed by atoms with van der Waals surface area (Å²) in [5.41, 5.74) is 0. The lowest BCUT2D eigenvalue weighted by atomic mass is 10.1. The van der Waals surface area contributed by atoms with E-state index in [0.717, 1.165) is 12.2 Å². The van der Waals surface area contributed by atoms with Gasteiger partial charge in [-0.2, -0.15) is 5.10 Å². The molecule has 0 fully saturated rings. The summed E-state index contributed by atoms with van der Waals surface area (Å²) in [5.74, 6) is 0.996. The van der Waals surface area contributed by atoms with Crippen molar-refractivity contribution < 1.29 is 0 Å². The molecule has 0 aliphatic heterocycles. The quantitative estimate of drug-likeness (QED) is 0.756. The Labute approximate surface area is 86.5 Å². The summed E-state index contributed by atoms with van der Waals surface area (Å²) in [6.45, 7) is 4.45. The Morgan fingerprint density at radius 3 is 2.79 bits per heavy atom. The van der Waals surface area contributed by atoms with Gasteiger partial charge in [-0.25, -0.2) is 0 Å². The van der Waals surface area contributed by atoms with Crippen LogP contribution in [0.5, 0.6) is 0 Å². The van der Waals surface area contributed by atoms with Gasteiger partial charge in [-0.3, -0.25) is 4.68 Å². The van der Waals surface area contributed by atoms with E-state index in [1.54, 1.807) is 0 Å². The van der Waals surface area contributed by atoms with Crippen molar-refractivity contribution in [2.75, 3.05) is 5.32 Å². The molecular weight excluding hydrogens is 174 g/mol. The van der Waals surface area contributed by atoms with Gasteiger partial charge in [0, 0.05) is 25.4 Å². The van der Waals surface area contributed by atoms with Crippen molar-refractivity contribution in [2.45, 2.75) is 45.6 Å². The molecule has 0 bridgehead atoms. The lowest BCUT2D eigenvalue weighted by molar-refractivity contribution is 0.590. The number of aryl methyl sites for hydroxylation is 1. The highest BCUT2D eigenvalue weighted by Gasteiger charge is 2.06. The van der Waals surface area contributed by atoms with Gasteiger partial charge in [0.05, 0.1) is 0 Å². The van der Waals surface area contributed by atoms with Crippen LogP contribution in [-0.4, -0.2) is 15.8 Å².